The highest BCUT2D eigenvalue weighted by Gasteiger charge is 1.80. The van der Waals surface area contributed by atoms with Gasteiger partial charge in [-0.1, -0.05) is 37.3 Å². The van der Waals surface area contributed by atoms with Crippen LogP contribution in [-0.2, 0) is 6.42 Å². The van der Waals surface area contributed by atoms with Crippen molar-refractivity contribution in [1.82, 2.24) is 0 Å². The average Bonchev–Trinajstić information content (AvgIpc) is 2.18. The molecule has 5 nitrogen and oxygen atoms in total. The minimum Gasteiger partial charge on any atom is -0.370 e. The maximum atomic E-state index is 6.46. The molecule has 0 aliphatic rings. The molecular weight excluding hydrogens is 226 g/mol. The fourth-order valence-electron chi connectivity index (χ4n) is 0.853. The van der Waals surface area contributed by atoms with Gasteiger partial charge in [0.25, 0.3) is 0 Å². The van der Waals surface area contributed by atoms with Gasteiger partial charge in [-0.05, 0) is 12.0 Å². The number of aryl methyl sites for hydroxylation is 1. The third-order valence-electron chi connectivity index (χ3n) is 1.50. The third kappa shape index (κ3) is 10.3. The minimum absolute atomic E-state index is 0. The van der Waals surface area contributed by atoms with E-state index in [1.165, 1.54) is 5.56 Å². The second kappa shape index (κ2) is 9.79. The number of nitrogens with zero attached hydrogens (tertiary/aromatic N) is 1. The Morgan fingerprint density at radius 1 is 1.19 bits per heavy atom. The summed E-state index contributed by atoms with van der Waals surface area (Å²) in [6.07, 6.45) is 1.14. The number of halogens is 1. The lowest BCUT2D eigenvalue weighted by Gasteiger charge is -1.89. The van der Waals surface area contributed by atoms with E-state index in [4.69, 9.17) is 22.6 Å². The Morgan fingerprint density at radius 3 is 1.88 bits per heavy atom. The van der Waals surface area contributed by atoms with Crippen molar-refractivity contribution in [2.24, 2.45) is 22.2 Å². The Bertz CT molecular complexity index is 319. The van der Waals surface area contributed by atoms with Gasteiger partial charge in [0.1, 0.15) is 0 Å². The topological polar surface area (TPSA) is 114 Å². The van der Waals surface area contributed by atoms with E-state index in [-0.39, 0.29) is 24.3 Å². The predicted molar refractivity (Wildman–Crippen MR) is 70.8 cm³/mol. The van der Waals surface area contributed by atoms with Gasteiger partial charge in [0, 0.05) is 0 Å². The van der Waals surface area contributed by atoms with Crippen LogP contribution in [0.1, 0.15) is 12.5 Å². The summed E-state index contributed by atoms with van der Waals surface area (Å²) < 4.78 is 0. The Labute approximate surface area is 102 Å². The summed E-state index contributed by atoms with van der Waals surface area (Å²) in [6, 6.07) is 10.5. The molecule has 6 heteroatoms. The van der Waals surface area contributed by atoms with E-state index in [1.54, 1.807) is 0 Å². The fraction of sp³-hybridized carbons (Fsp3) is 0.200. The molecule has 0 aliphatic carbocycles. The molecule has 16 heavy (non-hydrogen) atoms. The highest BCUT2D eigenvalue weighted by Crippen LogP contribution is 1.96. The first-order valence-electron chi connectivity index (χ1n) is 4.53. The van der Waals surface area contributed by atoms with Crippen molar-refractivity contribution in [2.75, 3.05) is 0 Å². The van der Waals surface area contributed by atoms with Crippen molar-refractivity contribution in [3.8, 4) is 0 Å². The van der Waals surface area contributed by atoms with Gasteiger partial charge >= 0.3 is 0 Å². The van der Waals surface area contributed by atoms with Crippen LogP contribution in [0.25, 0.3) is 0 Å². The van der Waals surface area contributed by atoms with E-state index >= 15 is 0 Å². The van der Waals surface area contributed by atoms with E-state index in [9.17, 15) is 0 Å². The normalized spacial score (nSPS) is 7.81. The molecule has 1 rings (SSSR count). The Hall–Kier alpha value is -1.75. The lowest BCUT2D eigenvalue weighted by molar-refractivity contribution is 1.14. The van der Waals surface area contributed by atoms with Crippen molar-refractivity contribution in [3.05, 3.63) is 35.9 Å². The number of guanidine groups is 2. The van der Waals surface area contributed by atoms with Crippen LogP contribution in [0.5, 0.6) is 0 Å². The first-order chi connectivity index (χ1) is 7.06. The molecule has 0 amide bonds. The van der Waals surface area contributed by atoms with Crippen molar-refractivity contribution in [2.45, 2.75) is 13.3 Å². The first kappa shape index (κ1) is 16.7. The Kier molecular flexibility index (Phi) is 10.2. The number of hydrogen-bond donors (Lipinski definition) is 4. The number of nitrogens with one attached hydrogen (secondary N) is 1. The standard InChI is InChI=1S/C8H10.C2H7N5.ClH/c1-2-8-6-4-3-5-7-8;3-1(4)7-2(5)6;/h3-7H,2H2,1H3;(H7,3,4,5,6,7);1H. The van der Waals surface area contributed by atoms with E-state index in [1.807, 2.05) is 6.07 Å². The van der Waals surface area contributed by atoms with Crippen LogP contribution in [0.4, 0.5) is 0 Å². The van der Waals surface area contributed by atoms with Gasteiger partial charge in [-0.15, -0.1) is 12.4 Å². The molecule has 0 atom stereocenters. The summed E-state index contributed by atoms with van der Waals surface area (Å²) in [6.45, 7) is 2.16. The molecule has 0 radical (unpaired) electrons. The monoisotopic (exact) mass is 243 g/mol. The lowest BCUT2D eigenvalue weighted by Crippen LogP contribution is -2.25. The summed E-state index contributed by atoms with van der Waals surface area (Å²) in [5.41, 5.74) is 15.7. The molecule has 0 saturated heterocycles. The second-order valence-corrected chi connectivity index (χ2v) is 2.76. The van der Waals surface area contributed by atoms with Crippen LogP contribution in [0.2, 0.25) is 0 Å². The van der Waals surface area contributed by atoms with Crippen molar-refractivity contribution < 1.29 is 0 Å². The molecule has 1 aromatic carbocycles. The van der Waals surface area contributed by atoms with E-state index in [0.29, 0.717) is 0 Å². The smallest absolute Gasteiger partial charge is 0.215 e. The predicted octanol–water partition coefficient (Wildman–Crippen LogP) is 0.824. The van der Waals surface area contributed by atoms with Crippen LogP contribution in [0, 0.1) is 5.41 Å². The quantitative estimate of drug-likeness (QED) is 0.432. The molecule has 0 fully saturated rings. The molecule has 1 aromatic rings. The molecule has 0 unspecified atom stereocenters. The van der Waals surface area contributed by atoms with Crippen molar-refractivity contribution >= 4 is 24.3 Å². The van der Waals surface area contributed by atoms with Gasteiger partial charge in [0.15, 0.2) is 5.96 Å². The maximum absolute atomic E-state index is 6.46. The largest absolute Gasteiger partial charge is 0.370 e. The number of hydrogen-bond acceptors (Lipinski definition) is 1. The van der Waals surface area contributed by atoms with Gasteiger partial charge in [-0.2, -0.15) is 4.99 Å². The summed E-state index contributed by atoms with van der Waals surface area (Å²) in [7, 11) is 0. The van der Waals surface area contributed by atoms with Gasteiger partial charge in [-0.25, -0.2) is 0 Å². The molecule has 7 N–H and O–H groups in total. The van der Waals surface area contributed by atoms with Gasteiger partial charge < -0.3 is 17.2 Å². The van der Waals surface area contributed by atoms with Gasteiger partial charge in [-0.3, -0.25) is 5.41 Å². The molecule has 0 aliphatic heterocycles. The Balaban J connectivity index is 0. The van der Waals surface area contributed by atoms with Gasteiger partial charge in [0.2, 0.25) is 5.96 Å². The fourth-order valence-corrected chi connectivity index (χ4v) is 0.853. The third-order valence-corrected chi connectivity index (χ3v) is 1.50. The Morgan fingerprint density at radius 2 is 1.69 bits per heavy atom. The zero-order chi connectivity index (χ0) is 11.7. The molecule has 0 aromatic heterocycles. The SMILES string of the molecule is CCc1ccccc1.Cl.N=C(N)N=C(N)N. The first-order valence-corrected chi connectivity index (χ1v) is 4.53. The summed E-state index contributed by atoms with van der Waals surface area (Å²) >= 11 is 0. The van der Waals surface area contributed by atoms with Crippen LogP contribution >= 0.6 is 12.4 Å². The van der Waals surface area contributed by atoms with Gasteiger partial charge in [0.05, 0.1) is 0 Å². The van der Waals surface area contributed by atoms with Crippen molar-refractivity contribution in [1.29, 1.82) is 5.41 Å². The molecule has 0 bridgehead atoms. The number of aliphatic imine (C=N–C) groups is 1. The molecule has 0 saturated carbocycles. The highest BCUT2D eigenvalue weighted by atomic mass is 35.5. The van der Waals surface area contributed by atoms with E-state index < -0.39 is 0 Å². The van der Waals surface area contributed by atoms with Crippen molar-refractivity contribution in [3.63, 3.8) is 0 Å². The molecular formula is C10H18ClN5. The number of benzene rings is 1. The average molecular weight is 244 g/mol. The van der Waals surface area contributed by atoms with E-state index in [0.717, 1.165) is 6.42 Å². The second-order valence-electron chi connectivity index (χ2n) is 2.76. The summed E-state index contributed by atoms with van der Waals surface area (Å²) in [5, 5.41) is 6.46. The number of nitrogens with two attached hydrogens (primary N) is 3. The highest BCUT2D eigenvalue weighted by molar-refractivity contribution is 5.90. The molecule has 0 spiro atoms. The van der Waals surface area contributed by atoms with Crippen LogP contribution in [-0.4, -0.2) is 11.9 Å². The summed E-state index contributed by atoms with van der Waals surface area (Å²) in [4.78, 5) is 3.11. The molecule has 90 valence electrons. The van der Waals surface area contributed by atoms with Crippen LogP contribution in [0.3, 0.4) is 0 Å². The molecule has 0 heterocycles. The van der Waals surface area contributed by atoms with Crippen LogP contribution < -0.4 is 17.2 Å². The van der Waals surface area contributed by atoms with Crippen LogP contribution in [0.15, 0.2) is 35.3 Å². The van der Waals surface area contributed by atoms with E-state index in [2.05, 4.69) is 36.2 Å². The summed E-state index contributed by atoms with van der Waals surface area (Å²) in [5.74, 6) is -0.562. The zero-order valence-corrected chi connectivity index (χ0v) is 10.00. The minimum atomic E-state index is -0.375. The zero-order valence-electron chi connectivity index (χ0n) is 9.18. The maximum Gasteiger partial charge on any atom is 0.215 e. The number of rotatable bonds is 1. The lowest BCUT2D eigenvalue weighted by atomic mass is 10.2.